The number of thioether (sulfide) groups is 1. The van der Waals surface area contributed by atoms with Gasteiger partial charge in [0.25, 0.3) is 5.56 Å². The van der Waals surface area contributed by atoms with Gasteiger partial charge in [0, 0.05) is 23.7 Å². The molecule has 2 aliphatic rings. The zero-order valence-corrected chi connectivity index (χ0v) is 16.5. The lowest BCUT2D eigenvalue weighted by atomic mass is 10.2. The number of rotatable bonds is 6. The van der Waals surface area contributed by atoms with Crippen molar-refractivity contribution in [3.05, 3.63) is 20.8 Å². The summed E-state index contributed by atoms with van der Waals surface area (Å²) in [6, 6.07) is 0. The number of fused-ring (bicyclic) bond motifs is 3. The number of ether oxygens (including phenoxy) is 1. The largest absolute Gasteiger partial charge is 0.383 e. The van der Waals surface area contributed by atoms with E-state index in [2.05, 4.69) is 0 Å². The molecule has 4 nitrogen and oxygen atoms in total. The van der Waals surface area contributed by atoms with Crippen molar-refractivity contribution in [2.45, 2.75) is 41.7 Å². The van der Waals surface area contributed by atoms with Gasteiger partial charge in [-0.15, -0.1) is 34.5 Å². The lowest BCUT2D eigenvalue weighted by molar-refractivity contribution is 0.183. The van der Waals surface area contributed by atoms with E-state index in [1.807, 2.05) is 0 Å². The summed E-state index contributed by atoms with van der Waals surface area (Å²) in [7, 11) is 1.64. The van der Waals surface area contributed by atoms with E-state index < -0.39 is 4.33 Å². The van der Waals surface area contributed by atoms with Gasteiger partial charge in [-0.25, -0.2) is 4.98 Å². The normalized spacial score (nSPS) is 21.4. The van der Waals surface area contributed by atoms with Gasteiger partial charge in [-0.1, -0.05) is 11.8 Å². The fourth-order valence-corrected chi connectivity index (χ4v) is 6.43. The highest BCUT2D eigenvalue weighted by Crippen LogP contribution is 2.54. The van der Waals surface area contributed by atoms with Crippen LogP contribution in [-0.4, -0.2) is 33.4 Å². The van der Waals surface area contributed by atoms with Crippen LogP contribution in [0.25, 0.3) is 10.2 Å². The zero-order chi connectivity index (χ0) is 16.9. The molecule has 0 radical (unpaired) electrons. The van der Waals surface area contributed by atoms with Gasteiger partial charge in [-0.3, -0.25) is 9.36 Å². The highest BCUT2D eigenvalue weighted by atomic mass is 35.5. The van der Waals surface area contributed by atoms with E-state index in [4.69, 9.17) is 32.9 Å². The molecular formula is C16H18Cl2N2O2S2. The first-order chi connectivity index (χ1) is 11.5. The Morgan fingerprint density at radius 3 is 2.96 bits per heavy atom. The van der Waals surface area contributed by atoms with Crippen molar-refractivity contribution in [3.8, 4) is 0 Å². The molecule has 1 fully saturated rings. The number of alkyl halides is 2. The van der Waals surface area contributed by atoms with Crippen molar-refractivity contribution >= 4 is 56.5 Å². The molecule has 8 heteroatoms. The first-order valence-electron chi connectivity index (χ1n) is 8.06. The van der Waals surface area contributed by atoms with E-state index in [9.17, 15) is 4.79 Å². The van der Waals surface area contributed by atoms with Crippen LogP contribution in [0, 0.1) is 5.92 Å². The number of methoxy groups -OCH3 is 1. The lowest BCUT2D eigenvalue weighted by Crippen LogP contribution is -2.25. The van der Waals surface area contributed by atoms with Crippen molar-refractivity contribution < 1.29 is 4.74 Å². The Morgan fingerprint density at radius 1 is 1.46 bits per heavy atom. The standard InChI is InChI=1S/C16H18Cl2N2O2S2/c1-22-6-5-20-14(21)12-10-3-2-4-11(10)24-13(12)19-15(20)23-8-9-7-16(9,17)18/h9H,2-8H2,1H3/t9-/m0/s1. The Labute approximate surface area is 158 Å². The minimum absolute atomic E-state index is 0.0674. The lowest BCUT2D eigenvalue weighted by Gasteiger charge is -2.12. The van der Waals surface area contributed by atoms with Gasteiger partial charge in [0.2, 0.25) is 0 Å². The van der Waals surface area contributed by atoms with Crippen molar-refractivity contribution in [1.29, 1.82) is 0 Å². The summed E-state index contributed by atoms with van der Waals surface area (Å²) in [5.41, 5.74) is 1.29. The molecule has 2 aromatic rings. The van der Waals surface area contributed by atoms with Gasteiger partial charge in [0.1, 0.15) is 9.16 Å². The van der Waals surface area contributed by atoms with Crippen molar-refractivity contribution in [3.63, 3.8) is 0 Å². The number of aromatic nitrogens is 2. The fraction of sp³-hybridized carbons (Fsp3) is 0.625. The number of hydrogen-bond donors (Lipinski definition) is 0. The molecule has 24 heavy (non-hydrogen) atoms. The molecule has 0 spiro atoms. The molecule has 1 saturated carbocycles. The van der Waals surface area contributed by atoms with Crippen LogP contribution in [0.4, 0.5) is 0 Å². The zero-order valence-electron chi connectivity index (χ0n) is 13.3. The summed E-state index contributed by atoms with van der Waals surface area (Å²) in [6.45, 7) is 1.01. The Bertz CT molecular complexity index is 847. The van der Waals surface area contributed by atoms with Gasteiger partial charge >= 0.3 is 0 Å². The smallest absolute Gasteiger partial charge is 0.263 e. The molecule has 2 heterocycles. The first-order valence-corrected chi connectivity index (χ1v) is 10.6. The highest BCUT2D eigenvalue weighted by molar-refractivity contribution is 7.99. The predicted octanol–water partition coefficient (Wildman–Crippen LogP) is 3.88. The maximum atomic E-state index is 13.1. The van der Waals surface area contributed by atoms with Gasteiger partial charge in [-0.2, -0.15) is 0 Å². The second-order valence-electron chi connectivity index (χ2n) is 6.35. The first kappa shape index (κ1) is 17.2. The molecule has 1 atom stereocenters. The molecule has 0 saturated heterocycles. The minimum atomic E-state index is -0.598. The molecule has 0 aliphatic heterocycles. The maximum absolute atomic E-state index is 13.1. The molecule has 0 N–H and O–H groups in total. The summed E-state index contributed by atoms with van der Waals surface area (Å²) in [4.78, 5) is 20.1. The van der Waals surface area contributed by atoms with Crippen LogP contribution in [0.3, 0.4) is 0 Å². The fourth-order valence-electron chi connectivity index (χ4n) is 3.17. The van der Waals surface area contributed by atoms with Gasteiger partial charge in [0.05, 0.1) is 18.5 Å². The van der Waals surface area contributed by atoms with Crippen LogP contribution in [0.2, 0.25) is 0 Å². The Hall–Kier alpha value is -0.270. The monoisotopic (exact) mass is 404 g/mol. The third-order valence-electron chi connectivity index (χ3n) is 4.68. The molecule has 4 rings (SSSR count). The van der Waals surface area contributed by atoms with Crippen molar-refractivity contribution in [1.82, 2.24) is 9.55 Å². The Balaban J connectivity index is 1.72. The topological polar surface area (TPSA) is 44.1 Å². The van der Waals surface area contributed by atoms with Crippen LogP contribution in [0.15, 0.2) is 9.95 Å². The molecule has 2 aliphatic carbocycles. The maximum Gasteiger partial charge on any atom is 0.263 e. The molecule has 0 amide bonds. The second-order valence-corrected chi connectivity index (χ2v) is 9.97. The summed E-state index contributed by atoms with van der Waals surface area (Å²) in [5, 5.41) is 1.57. The summed E-state index contributed by atoms with van der Waals surface area (Å²) >= 11 is 15.5. The van der Waals surface area contributed by atoms with E-state index in [0.717, 1.165) is 46.8 Å². The van der Waals surface area contributed by atoms with Crippen LogP contribution in [0.5, 0.6) is 0 Å². The average molecular weight is 405 g/mol. The third-order valence-corrected chi connectivity index (χ3v) is 7.93. The van der Waals surface area contributed by atoms with E-state index in [1.54, 1.807) is 34.8 Å². The predicted molar refractivity (Wildman–Crippen MR) is 101 cm³/mol. The van der Waals surface area contributed by atoms with E-state index >= 15 is 0 Å². The number of aryl methyl sites for hydroxylation is 2. The van der Waals surface area contributed by atoms with Crippen LogP contribution < -0.4 is 5.56 Å². The van der Waals surface area contributed by atoms with Crippen molar-refractivity contribution in [2.75, 3.05) is 19.5 Å². The van der Waals surface area contributed by atoms with Crippen LogP contribution in [-0.2, 0) is 24.1 Å². The molecule has 0 unspecified atom stereocenters. The molecule has 130 valence electrons. The summed E-state index contributed by atoms with van der Waals surface area (Å²) < 4.78 is 6.34. The van der Waals surface area contributed by atoms with E-state index in [0.29, 0.717) is 13.2 Å². The summed E-state index contributed by atoms with van der Waals surface area (Å²) in [5.74, 6) is 1.05. The van der Waals surface area contributed by atoms with Crippen molar-refractivity contribution in [2.24, 2.45) is 5.92 Å². The average Bonchev–Trinajstić information content (AvgIpc) is 2.88. The molecule has 2 aromatic heterocycles. The molecular weight excluding hydrogens is 387 g/mol. The van der Waals surface area contributed by atoms with E-state index in [1.165, 1.54) is 10.4 Å². The molecule has 0 aromatic carbocycles. The Morgan fingerprint density at radius 2 is 2.25 bits per heavy atom. The molecule has 0 bridgehead atoms. The summed E-state index contributed by atoms with van der Waals surface area (Å²) in [6.07, 6.45) is 4.01. The number of hydrogen-bond acceptors (Lipinski definition) is 5. The SMILES string of the molecule is COCCn1c(SC[C@@H]2CC2(Cl)Cl)nc2sc3c(c2c1=O)CCC3. The van der Waals surface area contributed by atoms with Crippen LogP contribution in [0.1, 0.15) is 23.3 Å². The third kappa shape index (κ3) is 3.01. The second kappa shape index (κ2) is 6.47. The van der Waals surface area contributed by atoms with Gasteiger partial charge in [-0.05, 0) is 31.2 Å². The highest BCUT2D eigenvalue weighted by Gasteiger charge is 2.51. The van der Waals surface area contributed by atoms with Crippen LogP contribution >= 0.6 is 46.3 Å². The van der Waals surface area contributed by atoms with Gasteiger partial charge in [0.15, 0.2) is 5.16 Å². The number of thiophene rings is 1. The Kier molecular flexibility index (Phi) is 4.63. The minimum Gasteiger partial charge on any atom is -0.383 e. The van der Waals surface area contributed by atoms with Gasteiger partial charge < -0.3 is 4.74 Å². The van der Waals surface area contributed by atoms with E-state index in [-0.39, 0.29) is 11.5 Å². The number of nitrogens with zero attached hydrogens (tertiary/aromatic N) is 2. The number of halogens is 2. The quantitative estimate of drug-likeness (QED) is 0.416.